The Bertz CT molecular complexity index is 560. The quantitative estimate of drug-likeness (QED) is 0.735. The maximum atomic E-state index is 12.2. The summed E-state index contributed by atoms with van der Waals surface area (Å²) in [7, 11) is 0. The summed E-state index contributed by atoms with van der Waals surface area (Å²) in [4.78, 5) is 34.2. The predicted molar refractivity (Wildman–Crippen MR) is 77.3 cm³/mol. The van der Waals surface area contributed by atoms with Crippen molar-refractivity contribution in [3.05, 3.63) is 23.7 Å². The van der Waals surface area contributed by atoms with Crippen LogP contribution in [-0.2, 0) is 4.79 Å². The minimum atomic E-state index is -1.16. The number of hydrogen-bond acceptors (Lipinski definition) is 4. The van der Waals surface area contributed by atoms with Gasteiger partial charge in [-0.05, 0) is 18.8 Å². The fraction of sp³-hybridized carbons (Fsp3) is 0.533. The number of carbonyl (C=O) groups excluding carboxylic acids is 2. The van der Waals surface area contributed by atoms with E-state index in [0.29, 0.717) is 0 Å². The van der Waals surface area contributed by atoms with E-state index in [0.717, 1.165) is 38.4 Å². The van der Waals surface area contributed by atoms with E-state index in [-0.39, 0.29) is 29.7 Å². The summed E-state index contributed by atoms with van der Waals surface area (Å²) in [6, 6.07) is 0.823. The number of furan rings is 1. The van der Waals surface area contributed by atoms with Gasteiger partial charge in [0.1, 0.15) is 6.26 Å². The minimum absolute atomic E-state index is 0.0723. The monoisotopic (exact) mass is 308 g/mol. The van der Waals surface area contributed by atoms with Crippen LogP contribution in [0.3, 0.4) is 0 Å². The van der Waals surface area contributed by atoms with Crippen LogP contribution in [-0.4, -0.2) is 28.9 Å². The molecule has 7 nitrogen and oxygen atoms in total. The molecular formula is C15H20N2O5. The van der Waals surface area contributed by atoms with Gasteiger partial charge in [0.2, 0.25) is 5.91 Å². The molecule has 7 heteroatoms. The maximum absolute atomic E-state index is 12.2. The van der Waals surface area contributed by atoms with Gasteiger partial charge in [0, 0.05) is 18.5 Å². The molecule has 0 saturated heterocycles. The molecule has 1 fully saturated rings. The minimum Gasteiger partial charge on any atom is -0.478 e. The zero-order chi connectivity index (χ0) is 16.1. The van der Waals surface area contributed by atoms with Crippen molar-refractivity contribution >= 4 is 17.8 Å². The zero-order valence-corrected chi connectivity index (χ0v) is 12.2. The molecule has 0 bridgehead atoms. The van der Waals surface area contributed by atoms with Crippen molar-refractivity contribution in [3.8, 4) is 0 Å². The van der Waals surface area contributed by atoms with E-state index < -0.39 is 17.8 Å². The summed E-state index contributed by atoms with van der Waals surface area (Å²) in [6.07, 6.45) is 6.27. The molecule has 0 radical (unpaired) electrons. The molecule has 2 rings (SSSR count). The Morgan fingerprint density at radius 3 is 2.55 bits per heavy atom. The predicted octanol–water partition coefficient (Wildman–Crippen LogP) is 1.53. The van der Waals surface area contributed by atoms with Gasteiger partial charge in [-0.15, -0.1) is 0 Å². The lowest BCUT2D eigenvalue weighted by Crippen LogP contribution is -2.43. The number of primary amides is 1. The van der Waals surface area contributed by atoms with E-state index in [4.69, 9.17) is 15.3 Å². The Balaban J connectivity index is 2.05. The first kappa shape index (κ1) is 16.1. The largest absolute Gasteiger partial charge is 0.478 e. The van der Waals surface area contributed by atoms with Crippen LogP contribution in [0.1, 0.15) is 59.4 Å². The van der Waals surface area contributed by atoms with Gasteiger partial charge in [-0.25, -0.2) is 4.79 Å². The summed E-state index contributed by atoms with van der Waals surface area (Å²) in [6.45, 7) is 0. The molecule has 1 heterocycles. The van der Waals surface area contributed by atoms with E-state index in [1.807, 2.05) is 0 Å². The lowest BCUT2D eigenvalue weighted by molar-refractivity contribution is -0.118. The van der Waals surface area contributed by atoms with Gasteiger partial charge in [0.25, 0.3) is 5.91 Å². The molecule has 1 aromatic rings. The molecule has 4 N–H and O–H groups in total. The number of rotatable bonds is 6. The van der Waals surface area contributed by atoms with Crippen molar-refractivity contribution in [1.29, 1.82) is 0 Å². The number of carboxylic acids is 1. The number of carbonyl (C=O) groups is 3. The first-order valence-corrected chi connectivity index (χ1v) is 7.38. The molecule has 2 amide bonds. The summed E-state index contributed by atoms with van der Waals surface area (Å²) < 4.78 is 4.97. The number of aromatic carboxylic acids is 1. The van der Waals surface area contributed by atoms with Gasteiger partial charge in [-0.2, -0.15) is 0 Å². The molecule has 0 spiro atoms. The Morgan fingerprint density at radius 2 is 2.00 bits per heavy atom. The molecule has 1 aliphatic rings. The molecule has 1 atom stereocenters. The molecule has 120 valence electrons. The second-order valence-corrected chi connectivity index (χ2v) is 5.65. The SMILES string of the molecule is NC(=O)CC(NC(=O)c1cc(C(=O)O)co1)C1CCCCC1. The van der Waals surface area contributed by atoms with Crippen LogP contribution in [0, 0.1) is 5.92 Å². The smallest absolute Gasteiger partial charge is 0.338 e. The summed E-state index contributed by atoms with van der Waals surface area (Å²) in [5.41, 5.74) is 5.18. The van der Waals surface area contributed by atoms with Crippen LogP contribution in [0.5, 0.6) is 0 Å². The van der Waals surface area contributed by atoms with Crippen LogP contribution in [0.15, 0.2) is 16.7 Å². The fourth-order valence-electron chi connectivity index (χ4n) is 2.90. The molecule has 0 aromatic carbocycles. The third-order valence-electron chi connectivity index (χ3n) is 4.03. The second-order valence-electron chi connectivity index (χ2n) is 5.65. The van der Waals surface area contributed by atoms with Crippen LogP contribution in [0.4, 0.5) is 0 Å². The van der Waals surface area contributed by atoms with Crippen LogP contribution in [0.25, 0.3) is 0 Å². The summed E-state index contributed by atoms with van der Waals surface area (Å²) in [5, 5.41) is 11.6. The Kier molecular flexibility index (Phi) is 5.19. The van der Waals surface area contributed by atoms with Crippen LogP contribution < -0.4 is 11.1 Å². The number of hydrogen-bond donors (Lipinski definition) is 3. The van der Waals surface area contributed by atoms with Gasteiger partial charge in [0.15, 0.2) is 5.76 Å². The molecule has 1 aliphatic carbocycles. The first-order valence-electron chi connectivity index (χ1n) is 7.38. The summed E-state index contributed by atoms with van der Waals surface area (Å²) in [5.74, 6) is -2.03. The Hall–Kier alpha value is -2.31. The Morgan fingerprint density at radius 1 is 1.32 bits per heavy atom. The standard InChI is InChI=1S/C15H20N2O5/c16-13(18)7-11(9-4-2-1-3-5-9)17-14(19)12-6-10(8-22-12)15(20)21/h6,8-9,11H,1-5,7H2,(H2,16,18)(H,17,19)(H,20,21). The van der Waals surface area contributed by atoms with Crippen molar-refractivity contribution in [1.82, 2.24) is 5.32 Å². The fourth-order valence-corrected chi connectivity index (χ4v) is 2.90. The normalized spacial score (nSPS) is 16.9. The highest BCUT2D eigenvalue weighted by Gasteiger charge is 2.28. The van der Waals surface area contributed by atoms with Crippen molar-refractivity contribution in [2.45, 2.75) is 44.6 Å². The molecule has 1 unspecified atom stereocenters. The topological polar surface area (TPSA) is 123 Å². The van der Waals surface area contributed by atoms with E-state index >= 15 is 0 Å². The van der Waals surface area contributed by atoms with E-state index in [1.54, 1.807) is 0 Å². The van der Waals surface area contributed by atoms with Gasteiger partial charge < -0.3 is 20.6 Å². The van der Waals surface area contributed by atoms with Crippen molar-refractivity contribution in [3.63, 3.8) is 0 Å². The number of nitrogens with one attached hydrogen (secondary N) is 1. The third-order valence-corrected chi connectivity index (χ3v) is 4.03. The highest BCUT2D eigenvalue weighted by Crippen LogP contribution is 2.28. The number of carboxylic acid groups (broad SMARTS) is 1. The average Bonchev–Trinajstić information content (AvgIpc) is 2.97. The number of amides is 2. The average molecular weight is 308 g/mol. The lowest BCUT2D eigenvalue weighted by Gasteiger charge is -2.30. The van der Waals surface area contributed by atoms with Gasteiger partial charge >= 0.3 is 5.97 Å². The molecule has 1 saturated carbocycles. The van der Waals surface area contributed by atoms with Crippen LogP contribution >= 0.6 is 0 Å². The lowest BCUT2D eigenvalue weighted by atomic mass is 9.82. The summed E-state index contributed by atoms with van der Waals surface area (Å²) >= 11 is 0. The van der Waals surface area contributed by atoms with Gasteiger partial charge in [-0.1, -0.05) is 19.3 Å². The number of nitrogens with two attached hydrogens (primary N) is 1. The highest BCUT2D eigenvalue weighted by molar-refractivity contribution is 5.95. The van der Waals surface area contributed by atoms with Crippen LogP contribution in [0.2, 0.25) is 0 Å². The highest BCUT2D eigenvalue weighted by atomic mass is 16.4. The van der Waals surface area contributed by atoms with Crippen molar-refractivity contribution < 1.29 is 23.9 Å². The van der Waals surface area contributed by atoms with E-state index in [1.165, 1.54) is 6.07 Å². The molecule has 1 aromatic heterocycles. The second kappa shape index (κ2) is 7.11. The Labute approximate surface area is 127 Å². The van der Waals surface area contributed by atoms with Crippen molar-refractivity contribution in [2.24, 2.45) is 11.7 Å². The zero-order valence-electron chi connectivity index (χ0n) is 12.2. The van der Waals surface area contributed by atoms with Crippen molar-refractivity contribution in [2.75, 3.05) is 0 Å². The van der Waals surface area contributed by atoms with E-state index in [9.17, 15) is 14.4 Å². The van der Waals surface area contributed by atoms with Gasteiger partial charge in [0.05, 0.1) is 5.56 Å². The molecule has 0 aliphatic heterocycles. The third kappa shape index (κ3) is 4.09. The molecular weight excluding hydrogens is 288 g/mol. The van der Waals surface area contributed by atoms with E-state index in [2.05, 4.69) is 5.32 Å². The maximum Gasteiger partial charge on any atom is 0.338 e. The molecule has 22 heavy (non-hydrogen) atoms. The first-order chi connectivity index (χ1) is 10.5. The van der Waals surface area contributed by atoms with Gasteiger partial charge in [-0.3, -0.25) is 9.59 Å².